The lowest BCUT2D eigenvalue weighted by atomic mass is 10.1. The van der Waals surface area contributed by atoms with Gasteiger partial charge in [-0.05, 0) is 36.7 Å². The smallest absolute Gasteiger partial charge is 0.110 e. The second-order valence-corrected chi connectivity index (χ2v) is 6.63. The zero-order valence-corrected chi connectivity index (χ0v) is 11.9. The van der Waals surface area contributed by atoms with Gasteiger partial charge in [-0.25, -0.2) is 4.98 Å². The van der Waals surface area contributed by atoms with Gasteiger partial charge in [0.1, 0.15) is 5.01 Å². The maximum Gasteiger partial charge on any atom is 0.110 e. The fraction of sp³-hybridized carbons (Fsp3) is 0.700. The summed E-state index contributed by atoms with van der Waals surface area (Å²) in [4.78, 5) is 4.33. The van der Waals surface area contributed by atoms with E-state index in [9.17, 15) is 0 Å². The molecule has 0 aliphatic heterocycles. The lowest BCUT2D eigenvalue weighted by molar-refractivity contribution is 0.122. The second-order valence-electron chi connectivity index (χ2n) is 4.19. The van der Waals surface area contributed by atoms with E-state index in [4.69, 9.17) is 4.74 Å². The van der Waals surface area contributed by atoms with Gasteiger partial charge >= 0.3 is 0 Å². The van der Waals surface area contributed by atoms with E-state index in [2.05, 4.69) is 47.0 Å². The van der Waals surface area contributed by atoms with Crippen molar-refractivity contribution in [1.29, 1.82) is 0 Å². The fourth-order valence-corrected chi connectivity index (χ4v) is 2.76. The quantitative estimate of drug-likeness (QED) is 0.906. The van der Waals surface area contributed by atoms with Crippen molar-refractivity contribution in [2.45, 2.75) is 32.4 Å². The van der Waals surface area contributed by atoms with E-state index < -0.39 is 0 Å². The molecule has 86 valence electrons. The van der Waals surface area contributed by atoms with Crippen molar-refractivity contribution < 1.29 is 4.74 Å². The first-order chi connectivity index (χ1) is 6.94. The highest BCUT2D eigenvalue weighted by Gasteiger charge is 2.21. The van der Waals surface area contributed by atoms with E-state index in [0.717, 1.165) is 8.79 Å². The van der Waals surface area contributed by atoms with Gasteiger partial charge in [0.2, 0.25) is 0 Å². The highest BCUT2D eigenvalue weighted by Crippen LogP contribution is 2.25. The molecule has 0 spiro atoms. The van der Waals surface area contributed by atoms with Gasteiger partial charge in [0.15, 0.2) is 0 Å². The topological polar surface area (TPSA) is 34.1 Å². The van der Waals surface area contributed by atoms with Crippen LogP contribution in [0.15, 0.2) is 9.98 Å². The molecule has 1 aromatic heterocycles. The Morgan fingerprint density at radius 3 is 2.80 bits per heavy atom. The Hall–Kier alpha value is 0.0300. The molecule has 0 aromatic carbocycles. The van der Waals surface area contributed by atoms with E-state index in [-0.39, 0.29) is 11.6 Å². The Balaban J connectivity index is 2.59. The van der Waals surface area contributed by atoms with Crippen LogP contribution in [0.25, 0.3) is 0 Å². The van der Waals surface area contributed by atoms with Crippen molar-refractivity contribution >= 4 is 27.3 Å². The number of methoxy groups -OCH3 is 1. The molecular weight excluding hydrogens is 276 g/mol. The van der Waals surface area contributed by atoms with Gasteiger partial charge in [-0.15, -0.1) is 11.3 Å². The molecule has 1 unspecified atom stereocenters. The number of hydrogen-bond acceptors (Lipinski definition) is 4. The Labute approximate surface area is 103 Å². The predicted molar refractivity (Wildman–Crippen MR) is 67.3 cm³/mol. The van der Waals surface area contributed by atoms with Gasteiger partial charge in [0.05, 0.1) is 22.6 Å². The Kier molecular flexibility index (Phi) is 4.70. The lowest BCUT2D eigenvalue weighted by Crippen LogP contribution is -2.44. The average Bonchev–Trinajstić information content (AvgIpc) is 2.50. The van der Waals surface area contributed by atoms with Gasteiger partial charge in [-0.3, -0.25) is 0 Å². The maximum absolute atomic E-state index is 5.16. The van der Waals surface area contributed by atoms with E-state index >= 15 is 0 Å². The van der Waals surface area contributed by atoms with Crippen LogP contribution in [0.1, 0.15) is 31.8 Å². The molecule has 0 amide bonds. The first-order valence-electron chi connectivity index (χ1n) is 4.82. The zero-order valence-electron chi connectivity index (χ0n) is 9.50. The Morgan fingerprint density at radius 2 is 2.33 bits per heavy atom. The first kappa shape index (κ1) is 13.1. The van der Waals surface area contributed by atoms with Gasteiger partial charge in [0, 0.05) is 12.6 Å². The number of thiazole rings is 1. The summed E-state index contributed by atoms with van der Waals surface area (Å²) in [7, 11) is 1.72. The first-order valence-corrected chi connectivity index (χ1v) is 6.43. The van der Waals surface area contributed by atoms with E-state index in [1.165, 1.54) is 0 Å². The molecule has 3 nitrogen and oxygen atoms in total. The monoisotopic (exact) mass is 292 g/mol. The maximum atomic E-state index is 5.16. The number of nitrogens with one attached hydrogen (secondary N) is 1. The van der Waals surface area contributed by atoms with Crippen LogP contribution in [-0.2, 0) is 4.74 Å². The third kappa shape index (κ3) is 4.18. The second kappa shape index (κ2) is 5.39. The molecule has 0 fully saturated rings. The lowest BCUT2D eigenvalue weighted by Gasteiger charge is -2.28. The summed E-state index contributed by atoms with van der Waals surface area (Å²) >= 11 is 5.07. The molecule has 15 heavy (non-hydrogen) atoms. The molecule has 5 heteroatoms. The molecule has 0 saturated carbocycles. The van der Waals surface area contributed by atoms with Crippen molar-refractivity contribution in [1.82, 2.24) is 10.3 Å². The third-order valence-corrected chi connectivity index (χ3v) is 3.64. The molecule has 0 aliphatic carbocycles. The van der Waals surface area contributed by atoms with Crippen molar-refractivity contribution in [3.63, 3.8) is 0 Å². The van der Waals surface area contributed by atoms with E-state index in [1.807, 2.05) is 6.20 Å². The molecule has 0 saturated heterocycles. The van der Waals surface area contributed by atoms with Crippen molar-refractivity contribution in [2.75, 3.05) is 13.7 Å². The van der Waals surface area contributed by atoms with Crippen LogP contribution in [0.2, 0.25) is 0 Å². The van der Waals surface area contributed by atoms with Crippen molar-refractivity contribution in [2.24, 2.45) is 0 Å². The van der Waals surface area contributed by atoms with E-state index in [1.54, 1.807) is 18.4 Å². The summed E-state index contributed by atoms with van der Waals surface area (Å²) < 4.78 is 6.23. The third-order valence-electron chi connectivity index (χ3n) is 1.98. The molecular formula is C10H17BrN2OS. The number of nitrogens with zero attached hydrogens (tertiary/aromatic N) is 1. The van der Waals surface area contributed by atoms with Crippen LogP contribution in [0.5, 0.6) is 0 Å². The van der Waals surface area contributed by atoms with Crippen LogP contribution < -0.4 is 5.32 Å². The summed E-state index contributed by atoms with van der Waals surface area (Å²) in [6.07, 6.45) is 1.83. The summed E-state index contributed by atoms with van der Waals surface area (Å²) in [5.74, 6) is 0. The molecule has 1 aromatic rings. The van der Waals surface area contributed by atoms with Crippen molar-refractivity contribution in [3.8, 4) is 0 Å². The highest BCUT2D eigenvalue weighted by atomic mass is 79.9. The number of hydrogen-bond donors (Lipinski definition) is 1. The number of rotatable bonds is 5. The van der Waals surface area contributed by atoms with Crippen molar-refractivity contribution in [3.05, 3.63) is 15.0 Å². The van der Waals surface area contributed by atoms with Crippen LogP contribution in [-0.4, -0.2) is 24.2 Å². The van der Waals surface area contributed by atoms with Gasteiger partial charge in [0.25, 0.3) is 0 Å². The minimum absolute atomic E-state index is 0.0354. The van der Waals surface area contributed by atoms with Crippen LogP contribution in [0, 0.1) is 0 Å². The summed E-state index contributed by atoms with van der Waals surface area (Å²) in [5, 5.41) is 4.58. The summed E-state index contributed by atoms with van der Waals surface area (Å²) in [6.45, 7) is 7.04. The zero-order chi connectivity index (χ0) is 11.5. The van der Waals surface area contributed by atoms with Gasteiger partial charge < -0.3 is 10.1 Å². The highest BCUT2D eigenvalue weighted by molar-refractivity contribution is 9.11. The number of halogens is 1. The van der Waals surface area contributed by atoms with Crippen LogP contribution in [0.3, 0.4) is 0 Å². The normalized spacial score (nSPS) is 14.2. The summed E-state index contributed by atoms with van der Waals surface area (Å²) in [6, 6.07) is 0.242. The predicted octanol–water partition coefficient (Wildman–Crippen LogP) is 2.98. The molecule has 0 radical (unpaired) electrons. The molecule has 0 aliphatic rings. The Morgan fingerprint density at radius 1 is 1.67 bits per heavy atom. The van der Waals surface area contributed by atoms with Gasteiger partial charge in [-0.2, -0.15) is 0 Å². The van der Waals surface area contributed by atoms with Crippen LogP contribution >= 0.6 is 27.3 Å². The SMILES string of the molecule is COCC(C)(C)NC(C)c1ncc(Br)s1. The Bertz CT molecular complexity index is 314. The van der Waals surface area contributed by atoms with E-state index in [0.29, 0.717) is 6.61 Å². The molecule has 0 bridgehead atoms. The molecule has 1 atom stereocenters. The number of ether oxygens (including phenoxy) is 1. The van der Waals surface area contributed by atoms with Gasteiger partial charge in [-0.1, -0.05) is 0 Å². The number of aromatic nitrogens is 1. The fourth-order valence-electron chi connectivity index (χ4n) is 1.52. The molecule has 1 N–H and O–H groups in total. The standard InChI is InChI=1S/C10H17BrN2OS/c1-7(9-12-5-8(11)15-9)13-10(2,3)6-14-4/h5,7,13H,6H2,1-4H3. The molecule has 1 heterocycles. The summed E-state index contributed by atoms with van der Waals surface area (Å²) in [5.41, 5.74) is -0.0354. The minimum Gasteiger partial charge on any atom is -0.383 e. The minimum atomic E-state index is -0.0354. The average molecular weight is 293 g/mol. The molecule has 1 rings (SSSR count). The van der Waals surface area contributed by atoms with Crippen LogP contribution in [0.4, 0.5) is 0 Å². The largest absolute Gasteiger partial charge is 0.383 e.